The van der Waals surface area contributed by atoms with E-state index in [2.05, 4.69) is 22.6 Å². The predicted octanol–water partition coefficient (Wildman–Crippen LogP) is 3.92. The first kappa shape index (κ1) is 13.7. The van der Waals surface area contributed by atoms with Crippen molar-refractivity contribution < 1.29 is 5.11 Å². The molecule has 0 atom stereocenters. The summed E-state index contributed by atoms with van der Waals surface area (Å²) < 4.78 is 1.31. The standard InChI is InChI=1S/C11H23IO/c12-10-8-6-4-2-1-3-5-7-9-11-13/h13H,1-11H2. The third-order valence-corrected chi connectivity index (χ3v) is 3.05. The number of rotatable bonds is 10. The number of hydrogen-bond donors (Lipinski definition) is 1. The van der Waals surface area contributed by atoms with Crippen LogP contribution in [0.2, 0.25) is 0 Å². The Morgan fingerprint density at radius 1 is 0.615 bits per heavy atom. The molecule has 0 aromatic heterocycles. The first-order chi connectivity index (χ1) is 6.41. The number of hydrogen-bond acceptors (Lipinski definition) is 1. The molecule has 1 N–H and O–H groups in total. The second-order valence-electron chi connectivity index (χ2n) is 3.59. The quantitative estimate of drug-likeness (QED) is 0.368. The molecule has 0 spiro atoms. The molecule has 0 saturated heterocycles. The van der Waals surface area contributed by atoms with E-state index >= 15 is 0 Å². The highest BCUT2D eigenvalue weighted by atomic mass is 127. The summed E-state index contributed by atoms with van der Waals surface area (Å²) in [5.74, 6) is 0. The van der Waals surface area contributed by atoms with Crippen molar-refractivity contribution in [2.24, 2.45) is 0 Å². The molecule has 0 bridgehead atoms. The Balaban J connectivity index is 2.76. The number of aliphatic hydroxyl groups excluding tert-OH is 1. The van der Waals surface area contributed by atoms with E-state index in [1.165, 1.54) is 55.8 Å². The van der Waals surface area contributed by atoms with Gasteiger partial charge in [0.15, 0.2) is 0 Å². The lowest BCUT2D eigenvalue weighted by molar-refractivity contribution is 0.282. The van der Waals surface area contributed by atoms with Crippen LogP contribution < -0.4 is 0 Å². The summed E-state index contributed by atoms with van der Waals surface area (Å²) in [5.41, 5.74) is 0. The van der Waals surface area contributed by atoms with Gasteiger partial charge in [0.2, 0.25) is 0 Å². The minimum atomic E-state index is 0.371. The molecule has 1 nitrogen and oxygen atoms in total. The van der Waals surface area contributed by atoms with Crippen molar-refractivity contribution in [2.45, 2.75) is 57.8 Å². The molecule has 0 radical (unpaired) electrons. The van der Waals surface area contributed by atoms with Crippen molar-refractivity contribution in [3.63, 3.8) is 0 Å². The van der Waals surface area contributed by atoms with Gasteiger partial charge in [0.1, 0.15) is 0 Å². The van der Waals surface area contributed by atoms with Crippen LogP contribution in [0, 0.1) is 0 Å². The van der Waals surface area contributed by atoms with E-state index in [0.29, 0.717) is 6.61 Å². The van der Waals surface area contributed by atoms with Gasteiger partial charge in [0.05, 0.1) is 0 Å². The molecule has 0 rings (SSSR count). The third-order valence-electron chi connectivity index (χ3n) is 2.29. The monoisotopic (exact) mass is 298 g/mol. The number of halogens is 1. The van der Waals surface area contributed by atoms with Gasteiger partial charge in [0.25, 0.3) is 0 Å². The summed E-state index contributed by atoms with van der Waals surface area (Å²) in [6.07, 6.45) is 11.9. The Morgan fingerprint density at radius 2 is 1.00 bits per heavy atom. The summed E-state index contributed by atoms with van der Waals surface area (Å²) in [4.78, 5) is 0. The summed E-state index contributed by atoms with van der Waals surface area (Å²) in [5, 5.41) is 8.57. The zero-order valence-corrected chi connectivity index (χ0v) is 10.8. The van der Waals surface area contributed by atoms with Crippen LogP contribution in [0.5, 0.6) is 0 Å². The predicted molar refractivity (Wildman–Crippen MR) is 67.5 cm³/mol. The van der Waals surface area contributed by atoms with Crippen LogP contribution in [0.3, 0.4) is 0 Å². The molecule has 0 heterocycles. The number of alkyl halides is 1. The fourth-order valence-corrected chi connectivity index (χ4v) is 1.98. The van der Waals surface area contributed by atoms with Crippen LogP contribution in [-0.2, 0) is 0 Å². The maximum atomic E-state index is 8.57. The first-order valence-electron chi connectivity index (χ1n) is 5.58. The second kappa shape index (κ2) is 12.7. The van der Waals surface area contributed by atoms with E-state index in [1.54, 1.807) is 0 Å². The number of aliphatic hydroxyl groups is 1. The van der Waals surface area contributed by atoms with Crippen molar-refractivity contribution in [1.29, 1.82) is 0 Å². The summed E-state index contributed by atoms with van der Waals surface area (Å²) in [6.45, 7) is 0.371. The molecule has 0 aliphatic rings. The zero-order chi connectivity index (χ0) is 9.78. The van der Waals surface area contributed by atoms with Crippen LogP contribution in [0.25, 0.3) is 0 Å². The van der Waals surface area contributed by atoms with Crippen LogP contribution in [0.1, 0.15) is 57.8 Å². The van der Waals surface area contributed by atoms with Crippen molar-refractivity contribution >= 4 is 22.6 Å². The summed E-state index contributed by atoms with van der Waals surface area (Å²) in [7, 11) is 0. The topological polar surface area (TPSA) is 20.2 Å². The zero-order valence-electron chi connectivity index (χ0n) is 8.60. The minimum absolute atomic E-state index is 0.371. The van der Waals surface area contributed by atoms with Gasteiger partial charge in [-0.2, -0.15) is 0 Å². The van der Waals surface area contributed by atoms with Crippen LogP contribution in [0.15, 0.2) is 0 Å². The largest absolute Gasteiger partial charge is 0.396 e. The second-order valence-corrected chi connectivity index (χ2v) is 4.67. The Hall–Kier alpha value is 0.690. The fraction of sp³-hybridized carbons (Fsp3) is 1.00. The summed E-state index contributed by atoms with van der Waals surface area (Å²) >= 11 is 2.45. The van der Waals surface area contributed by atoms with Crippen molar-refractivity contribution in [2.75, 3.05) is 11.0 Å². The lowest BCUT2D eigenvalue weighted by Gasteiger charge is -2.00. The van der Waals surface area contributed by atoms with E-state index < -0.39 is 0 Å². The Kier molecular flexibility index (Phi) is 13.4. The van der Waals surface area contributed by atoms with Crippen LogP contribution in [-0.4, -0.2) is 16.1 Å². The molecular formula is C11H23IO. The van der Waals surface area contributed by atoms with Gasteiger partial charge >= 0.3 is 0 Å². The third kappa shape index (κ3) is 12.7. The van der Waals surface area contributed by atoms with Gasteiger partial charge in [0, 0.05) is 6.61 Å². The van der Waals surface area contributed by atoms with E-state index in [-0.39, 0.29) is 0 Å². The Morgan fingerprint density at radius 3 is 1.38 bits per heavy atom. The van der Waals surface area contributed by atoms with Gasteiger partial charge in [-0.25, -0.2) is 0 Å². The minimum Gasteiger partial charge on any atom is -0.396 e. The van der Waals surface area contributed by atoms with E-state index in [4.69, 9.17) is 5.11 Å². The summed E-state index contributed by atoms with van der Waals surface area (Å²) in [6, 6.07) is 0. The fourth-order valence-electron chi connectivity index (χ4n) is 1.44. The molecule has 2 heteroatoms. The molecule has 0 aromatic carbocycles. The highest BCUT2D eigenvalue weighted by Gasteiger charge is 1.91. The van der Waals surface area contributed by atoms with Crippen LogP contribution in [0.4, 0.5) is 0 Å². The molecular weight excluding hydrogens is 275 g/mol. The van der Waals surface area contributed by atoms with Gasteiger partial charge in [-0.15, -0.1) is 0 Å². The molecule has 0 amide bonds. The van der Waals surface area contributed by atoms with Crippen molar-refractivity contribution in [1.82, 2.24) is 0 Å². The maximum absolute atomic E-state index is 8.57. The molecule has 0 saturated carbocycles. The molecule has 0 unspecified atom stereocenters. The normalized spacial score (nSPS) is 10.6. The highest BCUT2D eigenvalue weighted by Crippen LogP contribution is 2.09. The lowest BCUT2D eigenvalue weighted by Crippen LogP contribution is -1.84. The number of unbranched alkanes of at least 4 members (excludes halogenated alkanes) is 8. The van der Waals surface area contributed by atoms with Crippen LogP contribution >= 0.6 is 22.6 Å². The van der Waals surface area contributed by atoms with E-state index in [0.717, 1.165) is 6.42 Å². The average Bonchev–Trinajstić information content (AvgIpc) is 2.16. The molecule has 0 aliphatic carbocycles. The van der Waals surface area contributed by atoms with Gasteiger partial charge < -0.3 is 5.11 Å². The van der Waals surface area contributed by atoms with Crippen molar-refractivity contribution in [3.05, 3.63) is 0 Å². The lowest BCUT2D eigenvalue weighted by atomic mass is 10.1. The van der Waals surface area contributed by atoms with Crippen molar-refractivity contribution in [3.8, 4) is 0 Å². The molecule has 0 fully saturated rings. The highest BCUT2D eigenvalue weighted by molar-refractivity contribution is 14.1. The molecule has 80 valence electrons. The van der Waals surface area contributed by atoms with E-state index in [9.17, 15) is 0 Å². The first-order valence-corrected chi connectivity index (χ1v) is 7.11. The molecule has 0 aromatic rings. The van der Waals surface area contributed by atoms with Gasteiger partial charge in [-0.05, 0) is 17.3 Å². The SMILES string of the molecule is OCCCCCCCCCCCI. The Bertz CT molecular complexity index is 76.2. The average molecular weight is 298 g/mol. The smallest absolute Gasteiger partial charge is 0.0431 e. The van der Waals surface area contributed by atoms with Gasteiger partial charge in [-0.3, -0.25) is 0 Å². The Labute approximate surface area is 96.4 Å². The molecule has 13 heavy (non-hydrogen) atoms. The molecule has 0 aliphatic heterocycles. The van der Waals surface area contributed by atoms with E-state index in [1.807, 2.05) is 0 Å². The maximum Gasteiger partial charge on any atom is 0.0431 e. The van der Waals surface area contributed by atoms with Gasteiger partial charge in [-0.1, -0.05) is 67.5 Å².